The van der Waals surface area contributed by atoms with E-state index in [1.807, 2.05) is 30.3 Å². The van der Waals surface area contributed by atoms with Crippen molar-refractivity contribution in [1.29, 1.82) is 0 Å². The van der Waals surface area contributed by atoms with Crippen LogP contribution in [0.5, 0.6) is 5.75 Å². The van der Waals surface area contributed by atoms with Gasteiger partial charge in [-0.25, -0.2) is 12.7 Å². The Hall–Kier alpha value is -2.46. The van der Waals surface area contributed by atoms with Gasteiger partial charge in [0.1, 0.15) is 5.75 Å². The van der Waals surface area contributed by atoms with Gasteiger partial charge in [-0.1, -0.05) is 23.4 Å². The Morgan fingerprint density at radius 1 is 1.17 bits per heavy atom. The number of carbonyl (C=O) groups is 1. The molecule has 0 N–H and O–H groups in total. The average Bonchev–Trinajstić information content (AvgIpc) is 3.15. The fourth-order valence-electron chi connectivity index (χ4n) is 3.62. The molecule has 2 fully saturated rings. The zero-order chi connectivity index (χ0) is 20.4. The molecule has 29 heavy (non-hydrogen) atoms. The number of piperidine rings is 1. The molecule has 9 nitrogen and oxygen atoms in total. The molecule has 0 unspecified atom stereocenters. The molecule has 2 saturated heterocycles. The molecule has 1 amide bonds. The summed E-state index contributed by atoms with van der Waals surface area (Å²) in [6.07, 6.45) is 2.59. The molecule has 10 heteroatoms. The molecule has 1 aromatic heterocycles. The summed E-state index contributed by atoms with van der Waals surface area (Å²) in [6, 6.07) is 9.23. The fourth-order valence-corrected chi connectivity index (χ4v) is 4.49. The molecule has 2 aromatic rings. The number of likely N-dealkylation sites (tertiary alicyclic amines) is 1. The monoisotopic (exact) mass is 420 g/mol. The van der Waals surface area contributed by atoms with E-state index in [2.05, 4.69) is 10.1 Å². The Morgan fingerprint density at radius 2 is 1.86 bits per heavy atom. The van der Waals surface area contributed by atoms with Gasteiger partial charge in [-0.2, -0.15) is 4.98 Å². The first-order chi connectivity index (χ1) is 13.9. The molecule has 0 saturated carbocycles. The smallest absolute Gasteiger partial charge is 0.260 e. The highest BCUT2D eigenvalue weighted by Crippen LogP contribution is 2.30. The molecule has 2 aliphatic heterocycles. The Kier molecular flexibility index (Phi) is 5.55. The number of ether oxygens (including phenoxy) is 1. The second-order valence-electron chi connectivity index (χ2n) is 7.52. The summed E-state index contributed by atoms with van der Waals surface area (Å²) < 4.78 is 35.6. The van der Waals surface area contributed by atoms with Gasteiger partial charge in [0.25, 0.3) is 5.91 Å². The number of carbonyl (C=O) groups excluding carboxylic acids is 1. The number of hydrogen-bond acceptors (Lipinski definition) is 7. The summed E-state index contributed by atoms with van der Waals surface area (Å²) in [7, 11) is -3.15. The van der Waals surface area contributed by atoms with Gasteiger partial charge in [0.2, 0.25) is 15.9 Å². The van der Waals surface area contributed by atoms with Crippen molar-refractivity contribution in [1.82, 2.24) is 19.3 Å². The number of nitrogens with zero attached hydrogens (tertiary/aromatic N) is 4. The lowest BCUT2D eigenvalue weighted by molar-refractivity contribution is -0.138. The number of amides is 1. The minimum absolute atomic E-state index is 0.00469. The standard InChI is InChI=1S/C19H24N4O5S/c1-29(25,26)23-9-7-14(8-10-23)18-20-19(28-21-18)15-11-22(12-15)17(24)13-27-16-5-3-2-4-6-16/h2-6,14-15H,7-13H2,1H3. The highest BCUT2D eigenvalue weighted by atomic mass is 32.2. The molecule has 2 aliphatic rings. The van der Waals surface area contributed by atoms with Crippen molar-refractivity contribution in [2.45, 2.75) is 24.7 Å². The van der Waals surface area contributed by atoms with Gasteiger partial charge in [-0.05, 0) is 25.0 Å². The van der Waals surface area contributed by atoms with Crippen LogP contribution in [0.1, 0.15) is 36.4 Å². The van der Waals surface area contributed by atoms with Crippen molar-refractivity contribution in [3.63, 3.8) is 0 Å². The number of hydrogen-bond donors (Lipinski definition) is 0. The Balaban J connectivity index is 1.25. The van der Waals surface area contributed by atoms with E-state index in [0.29, 0.717) is 56.5 Å². The second kappa shape index (κ2) is 8.11. The van der Waals surface area contributed by atoms with Gasteiger partial charge < -0.3 is 14.2 Å². The molecular weight excluding hydrogens is 396 g/mol. The van der Waals surface area contributed by atoms with Crippen LogP contribution >= 0.6 is 0 Å². The lowest BCUT2D eigenvalue weighted by atomic mass is 9.97. The molecule has 0 radical (unpaired) electrons. The van der Waals surface area contributed by atoms with E-state index in [1.54, 1.807) is 4.90 Å². The summed E-state index contributed by atoms with van der Waals surface area (Å²) >= 11 is 0. The predicted molar refractivity (Wildman–Crippen MR) is 104 cm³/mol. The van der Waals surface area contributed by atoms with Gasteiger partial charge in [0.05, 0.1) is 12.2 Å². The molecular formula is C19H24N4O5S. The number of para-hydroxylation sites is 1. The minimum Gasteiger partial charge on any atom is -0.484 e. The Labute approximate surface area is 169 Å². The average molecular weight is 420 g/mol. The van der Waals surface area contributed by atoms with E-state index in [-0.39, 0.29) is 24.3 Å². The van der Waals surface area contributed by atoms with Crippen LogP contribution in [0, 0.1) is 0 Å². The lowest BCUT2D eigenvalue weighted by Crippen LogP contribution is -2.50. The molecule has 4 rings (SSSR count). The maximum absolute atomic E-state index is 12.2. The van der Waals surface area contributed by atoms with E-state index >= 15 is 0 Å². The predicted octanol–water partition coefficient (Wildman–Crippen LogP) is 1.21. The van der Waals surface area contributed by atoms with Crippen molar-refractivity contribution < 1.29 is 22.5 Å². The largest absolute Gasteiger partial charge is 0.484 e. The maximum Gasteiger partial charge on any atom is 0.260 e. The summed E-state index contributed by atoms with van der Waals surface area (Å²) in [5.41, 5.74) is 0. The first-order valence-corrected chi connectivity index (χ1v) is 11.5. The summed E-state index contributed by atoms with van der Waals surface area (Å²) in [4.78, 5) is 18.4. The first kappa shape index (κ1) is 19.8. The van der Waals surface area contributed by atoms with E-state index in [9.17, 15) is 13.2 Å². The lowest BCUT2D eigenvalue weighted by Gasteiger charge is -2.36. The summed E-state index contributed by atoms with van der Waals surface area (Å²) in [5, 5.41) is 4.09. The topological polar surface area (TPSA) is 106 Å². The normalized spacial score (nSPS) is 19.1. The molecule has 0 spiro atoms. The van der Waals surface area contributed by atoms with Gasteiger partial charge in [-0.15, -0.1) is 0 Å². The fraction of sp³-hybridized carbons (Fsp3) is 0.526. The van der Waals surface area contributed by atoms with E-state index < -0.39 is 10.0 Å². The quantitative estimate of drug-likeness (QED) is 0.692. The van der Waals surface area contributed by atoms with Crippen molar-refractivity contribution in [2.24, 2.45) is 0 Å². The molecule has 0 atom stereocenters. The van der Waals surface area contributed by atoms with Gasteiger partial charge in [-0.3, -0.25) is 4.79 Å². The molecule has 156 valence electrons. The first-order valence-electron chi connectivity index (χ1n) is 9.64. The number of benzene rings is 1. The van der Waals surface area contributed by atoms with Crippen LogP contribution in [-0.4, -0.2) is 72.7 Å². The Bertz CT molecular complexity index is 948. The van der Waals surface area contributed by atoms with Crippen molar-refractivity contribution in [2.75, 3.05) is 39.0 Å². The third-order valence-corrected chi connectivity index (χ3v) is 6.74. The zero-order valence-corrected chi connectivity index (χ0v) is 17.0. The van der Waals surface area contributed by atoms with E-state index in [4.69, 9.17) is 9.26 Å². The van der Waals surface area contributed by atoms with Crippen LogP contribution in [-0.2, 0) is 14.8 Å². The highest BCUT2D eigenvalue weighted by molar-refractivity contribution is 7.88. The van der Waals surface area contributed by atoms with Crippen molar-refractivity contribution >= 4 is 15.9 Å². The number of sulfonamides is 1. The zero-order valence-electron chi connectivity index (χ0n) is 16.2. The maximum atomic E-state index is 12.2. The van der Waals surface area contributed by atoms with Crippen molar-refractivity contribution in [3.05, 3.63) is 42.0 Å². The molecule has 0 aliphatic carbocycles. The van der Waals surface area contributed by atoms with Gasteiger partial charge in [0.15, 0.2) is 12.4 Å². The number of aromatic nitrogens is 2. The minimum atomic E-state index is -3.15. The Morgan fingerprint density at radius 3 is 2.52 bits per heavy atom. The van der Waals surface area contributed by atoms with Crippen LogP contribution in [0.3, 0.4) is 0 Å². The summed E-state index contributed by atoms with van der Waals surface area (Å²) in [5.74, 6) is 1.90. The third-order valence-electron chi connectivity index (χ3n) is 5.43. The van der Waals surface area contributed by atoms with Crippen LogP contribution in [0.2, 0.25) is 0 Å². The van der Waals surface area contributed by atoms with Crippen LogP contribution in [0.25, 0.3) is 0 Å². The third kappa shape index (κ3) is 4.59. The molecule has 3 heterocycles. The SMILES string of the molecule is CS(=O)(=O)N1CCC(c2noc(C3CN(C(=O)COc4ccccc4)C3)n2)CC1. The molecule has 0 bridgehead atoms. The van der Waals surface area contributed by atoms with Gasteiger partial charge in [0, 0.05) is 32.1 Å². The summed E-state index contributed by atoms with van der Waals surface area (Å²) in [6.45, 7) is 2.02. The van der Waals surface area contributed by atoms with Crippen LogP contribution in [0.4, 0.5) is 0 Å². The van der Waals surface area contributed by atoms with Crippen molar-refractivity contribution in [3.8, 4) is 5.75 Å². The highest BCUT2D eigenvalue weighted by Gasteiger charge is 2.36. The van der Waals surface area contributed by atoms with E-state index in [1.165, 1.54) is 10.6 Å². The second-order valence-corrected chi connectivity index (χ2v) is 9.51. The van der Waals surface area contributed by atoms with Crippen LogP contribution in [0.15, 0.2) is 34.9 Å². The number of rotatable bonds is 6. The van der Waals surface area contributed by atoms with Crippen LogP contribution < -0.4 is 4.74 Å². The van der Waals surface area contributed by atoms with Gasteiger partial charge >= 0.3 is 0 Å². The molecule has 1 aromatic carbocycles. The van der Waals surface area contributed by atoms with E-state index in [0.717, 1.165) is 0 Å².